The van der Waals surface area contributed by atoms with Crippen LogP contribution in [0.5, 0.6) is 0 Å². The van der Waals surface area contributed by atoms with E-state index in [1.54, 1.807) is 0 Å². The van der Waals surface area contributed by atoms with E-state index in [1.807, 2.05) is 0 Å². The molecular weight excluding hydrogens is 380 g/mol. The molecule has 0 heterocycles. The van der Waals surface area contributed by atoms with Crippen LogP contribution in [0, 0.1) is 23.7 Å². The second-order valence-corrected chi connectivity index (χ2v) is 9.38. The molecule has 0 aliphatic heterocycles. The maximum Gasteiger partial charge on any atom is 0.0688 e. The molecule has 0 fully saturated rings. The van der Waals surface area contributed by atoms with Crippen molar-refractivity contribution in [2.45, 2.75) is 116 Å². The molecule has 0 aromatic rings. The predicted molar refractivity (Wildman–Crippen MR) is 137 cm³/mol. The molecular formula is C28H52N2O. The van der Waals surface area contributed by atoms with Crippen molar-refractivity contribution in [1.82, 2.24) is 9.80 Å². The Hall–Kier alpha value is -1.00. The summed E-state index contributed by atoms with van der Waals surface area (Å²) in [4.78, 5) is 4.24. The summed E-state index contributed by atoms with van der Waals surface area (Å²) < 4.78 is 6.65. The van der Waals surface area contributed by atoms with E-state index in [-0.39, 0.29) is 12.2 Å². The van der Waals surface area contributed by atoms with Crippen LogP contribution in [0.2, 0.25) is 0 Å². The molecule has 0 bridgehead atoms. The zero-order valence-electron chi connectivity index (χ0n) is 21.8. The Morgan fingerprint density at radius 2 is 0.935 bits per heavy atom. The Kier molecular flexibility index (Phi) is 21.5. The van der Waals surface area contributed by atoms with E-state index in [0.29, 0.717) is 0 Å². The van der Waals surface area contributed by atoms with Gasteiger partial charge in [-0.05, 0) is 41.0 Å². The molecule has 0 aliphatic carbocycles. The van der Waals surface area contributed by atoms with Gasteiger partial charge in [-0.3, -0.25) is 9.80 Å². The van der Waals surface area contributed by atoms with Gasteiger partial charge < -0.3 is 4.74 Å². The lowest BCUT2D eigenvalue weighted by molar-refractivity contribution is -0.0170. The van der Waals surface area contributed by atoms with Crippen molar-refractivity contribution in [2.24, 2.45) is 0 Å². The van der Waals surface area contributed by atoms with Gasteiger partial charge in [0.15, 0.2) is 0 Å². The minimum Gasteiger partial charge on any atom is -0.373 e. The summed E-state index contributed by atoms with van der Waals surface area (Å²) in [5, 5.41) is 0. The molecule has 0 saturated heterocycles. The smallest absolute Gasteiger partial charge is 0.0688 e. The Labute approximate surface area is 195 Å². The standard InChI is InChI=1S/C28H52N2O/c1-7-9-11-13-15-21-27(23-17-19-25-29(3)4)31-28(22-16-14-12-10-8-2)24-18-20-26-30(5)6/h27-28H,7-16,21-26H2,1-6H3/t27-,28-/m1/s1. The quantitative estimate of drug-likeness (QED) is 0.185. The van der Waals surface area contributed by atoms with Gasteiger partial charge in [0, 0.05) is 12.8 Å². The fourth-order valence-corrected chi connectivity index (χ4v) is 3.46. The third kappa shape index (κ3) is 22.0. The van der Waals surface area contributed by atoms with Crippen molar-refractivity contribution < 1.29 is 4.74 Å². The van der Waals surface area contributed by atoms with Gasteiger partial charge in [0.1, 0.15) is 0 Å². The molecule has 2 atom stereocenters. The first-order valence-corrected chi connectivity index (χ1v) is 12.9. The van der Waals surface area contributed by atoms with Gasteiger partial charge in [0.25, 0.3) is 0 Å². The molecule has 31 heavy (non-hydrogen) atoms. The van der Waals surface area contributed by atoms with E-state index < -0.39 is 0 Å². The summed E-state index contributed by atoms with van der Waals surface area (Å²) in [5.74, 6) is 13.3. The number of nitrogens with zero attached hydrogens (tertiary/aromatic N) is 2. The van der Waals surface area contributed by atoms with E-state index >= 15 is 0 Å². The first kappa shape index (κ1) is 30.0. The molecule has 3 heteroatoms. The molecule has 0 rings (SSSR count). The van der Waals surface area contributed by atoms with E-state index in [0.717, 1.165) is 38.8 Å². The Bertz CT molecular complexity index is 461. The maximum atomic E-state index is 6.65. The summed E-state index contributed by atoms with van der Waals surface area (Å²) in [5.41, 5.74) is 0. The van der Waals surface area contributed by atoms with Crippen LogP contribution >= 0.6 is 0 Å². The van der Waals surface area contributed by atoms with Crippen molar-refractivity contribution in [2.75, 3.05) is 41.3 Å². The highest BCUT2D eigenvalue weighted by Gasteiger charge is 2.15. The van der Waals surface area contributed by atoms with Gasteiger partial charge in [-0.15, -0.1) is 0 Å². The van der Waals surface area contributed by atoms with Crippen LogP contribution in [0.4, 0.5) is 0 Å². The van der Waals surface area contributed by atoms with E-state index in [4.69, 9.17) is 4.74 Å². The Morgan fingerprint density at radius 1 is 0.548 bits per heavy atom. The molecule has 0 aliphatic rings. The lowest BCUT2D eigenvalue weighted by Gasteiger charge is -2.23. The van der Waals surface area contributed by atoms with Gasteiger partial charge in [0.05, 0.1) is 25.3 Å². The summed E-state index contributed by atoms with van der Waals surface area (Å²) >= 11 is 0. The number of ether oxygens (including phenoxy) is 1. The first-order valence-electron chi connectivity index (χ1n) is 12.9. The second-order valence-electron chi connectivity index (χ2n) is 9.38. The van der Waals surface area contributed by atoms with Crippen LogP contribution in [0.25, 0.3) is 0 Å². The average molecular weight is 433 g/mol. The van der Waals surface area contributed by atoms with Gasteiger partial charge in [-0.1, -0.05) is 102 Å². The van der Waals surface area contributed by atoms with Gasteiger partial charge in [0.2, 0.25) is 0 Å². The largest absolute Gasteiger partial charge is 0.373 e. The molecule has 0 aromatic carbocycles. The molecule has 0 spiro atoms. The third-order valence-corrected chi connectivity index (χ3v) is 5.34. The molecule has 0 unspecified atom stereocenters. The minimum atomic E-state index is 0.243. The second kappa shape index (κ2) is 22.2. The first-order chi connectivity index (χ1) is 15.0. The minimum absolute atomic E-state index is 0.243. The van der Waals surface area contributed by atoms with Crippen LogP contribution in [-0.4, -0.2) is 63.3 Å². The normalized spacial score (nSPS) is 12.9. The third-order valence-electron chi connectivity index (χ3n) is 5.34. The lowest BCUT2D eigenvalue weighted by atomic mass is 10.0. The molecule has 3 nitrogen and oxygen atoms in total. The summed E-state index contributed by atoms with van der Waals surface area (Å²) in [6.45, 7) is 6.18. The number of hydrogen-bond donors (Lipinski definition) is 0. The fourth-order valence-electron chi connectivity index (χ4n) is 3.46. The van der Waals surface area contributed by atoms with Crippen LogP contribution in [0.3, 0.4) is 0 Å². The molecule has 0 N–H and O–H groups in total. The van der Waals surface area contributed by atoms with Crippen molar-refractivity contribution in [3.8, 4) is 23.7 Å². The van der Waals surface area contributed by atoms with E-state index in [9.17, 15) is 0 Å². The topological polar surface area (TPSA) is 15.7 Å². The fraction of sp³-hybridized carbons (Fsp3) is 0.857. The van der Waals surface area contributed by atoms with Crippen LogP contribution in [0.1, 0.15) is 104 Å². The lowest BCUT2D eigenvalue weighted by Crippen LogP contribution is -2.22. The average Bonchev–Trinajstić information content (AvgIpc) is 2.72. The predicted octanol–water partition coefficient (Wildman–Crippen LogP) is 6.37. The van der Waals surface area contributed by atoms with Crippen molar-refractivity contribution in [3.05, 3.63) is 0 Å². The maximum absolute atomic E-state index is 6.65. The van der Waals surface area contributed by atoms with Gasteiger partial charge >= 0.3 is 0 Å². The molecule has 0 aromatic heterocycles. The Balaban J connectivity index is 4.83. The van der Waals surface area contributed by atoms with Crippen LogP contribution in [-0.2, 0) is 4.74 Å². The van der Waals surface area contributed by atoms with Crippen molar-refractivity contribution >= 4 is 0 Å². The monoisotopic (exact) mass is 432 g/mol. The van der Waals surface area contributed by atoms with E-state index in [1.165, 1.54) is 64.2 Å². The zero-order chi connectivity index (χ0) is 23.2. The molecule has 0 radical (unpaired) electrons. The highest BCUT2D eigenvalue weighted by molar-refractivity contribution is 5.04. The zero-order valence-corrected chi connectivity index (χ0v) is 21.8. The summed E-state index contributed by atoms with van der Waals surface area (Å²) in [6.07, 6.45) is 17.5. The van der Waals surface area contributed by atoms with Gasteiger partial charge in [-0.25, -0.2) is 0 Å². The highest BCUT2D eigenvalue weighted by atomic mass is 16.5. The van der Waals surface area contributed by atoms with Crippen LogP contribution in [0.15, 0.2) is 0 Å². The SMILES string of the molecule is CCCCCCC[C@H](CC#CCN(C)C)O[C@@H](CC#CCN(C)C)CCCCCCC. The summed E-state index contributed by atoms with van der Waals surface area (Å²) in [7, 11) is 8.27. The van der Waals surface area contributed by atoms with E-state index in [2.05, 4.69) is 75.5 Å². The number of hydrogen-bond acceptors (Lipinski definition) is 3. The summed E-state index contributed by atoms with van der Waals surface area (Å²) in [6, 6.07) is 0. The van der Waals surface area contributed by atoms with Gasteiger partial charge in [-0.2, -0.15) is 0 Å². The number of unbranched alkanes of at least 4 members (excludes halogenated alkanes) is 8. The molecule has 180 valence electrons. The van der Waals surface area contributed by atoms with Crippen LogP contribution < -0.4 is 0 Å². The molecule has 0 amide bonds. The Morgan fingerprint density at radius 3 is 1.29 bits per heavy atom. The van der Waals surface area contributed by atoms with Crippen molar-refractivity contribution in [3.63, 3.8) is 0 Å². The van der Waals surface area contributed by atoms with Crippen molar-refractivity contribution in [1.29, 1.82) is 0 Å². The highest BCUT2D eigenvalue weighted by Crippen LogP contribution is 2.19. The number of rotatable bonds is 18. The molecule has 0 saturated carbocycles.